The molecule has 2 rings (SSSR count). The molecule has 1 saturated heterocycles. The molecule has 0 atom stereocenters. The van der Waals surface area contributed by atoms with E-state index in [1.807, 2.05) is 25.1 Å². The van der Waals surface area contributed by atoms with Gasteiger partial charge in [0.25, 0.3) is 5.91 Å². The third-order valence-electron chi connectivity index (χ3n) is 3.89. The van der Waals surface area contributed by atoms with Crippen LogP contribution in [-0.4, -0.2) is 43.0 Å². The first kappa shape index (κ1) is 15.2. The van der Waals surface area contributed by atoms with Gasteiger partial charge in [0, 0.05) is 37.4 Å². The third kappa shape index (κ3) is 3.65. The lowest BCUT2D eigenvalue weighted by atomic mass is 10.0. The molecule has 0 aromatic heterocycles. The minimum Gasteiger partial charge on any atom is -0.382 e. The minimum absolute atomic E-state index is 0.0957. The van der Waals surface area contributed by atoms with E-state index in [-0.39, 0.29) is 11.9 Å². The van der Waals surface area contributed by atoms with E-state index in [4.69, 9.17) is 5.73 Å². The van der Waals surface area contributed by atoms with Crippen molar-refractivity contribution in [3.8, 4) is 0 Å². The number of aryl methyl sites for hydroxylation is 1. The molecule has 4 N–H and O–H groups in total. The zero-order chi connectivity index (χ0) is 15.4. The van der Waals surface area contributed by atoms with Crippen molar-refractivity contribution < 1.29 is 9.59 Å². The predicted molar refractivity (Wildman–Crippen MR) is 82.4 cm³/mol. The Kier molecular flexibility index (Phi) is 4.67. The summed E-state index contributed by atoms with van der Waals surface area (Å²) < 4.78 is 0. The lowest BCUT2D eigenvalue weighted by Gasteiger charge is -2.32. The van der Waals surface area contributed by atoms with Crippen LogP contribution in [0.25, 0.3) is 0 Å². The van der Waals surface area contributed by atoms with Crippen molar-refractivity contribution in [1.29, 1.82) is 0 Å². The molecule has 0 aliphatic carbocycles. The molecule has 1 fully saturated rings. The maximum atomic E-state index is 11.7. The van der Waals surface area contributed by atoms with E-state index < -0.39 is 0 Å². The van der Waals surface area contributed by atoms with Gasteiger partial charge in [-0.1, -0.05) is 6.07 Å². The maximum absolute atomic E-state index is 11.7. The maximum Gasteiger partial charge on any atom is 0.314 e. The number of likely N-dealkylation sites (tertiary alicyclic amines) is 1. The molecule has 0 unspecified atom stereocenters. The van der Waals surface area contributed by atoms with Crippen LogP contribution < -0.4 is 16.4 Å². The van der Waals surface area contributed by atoms with Gasteiger partial charge in [0.2, 0.25) is 0 Å². The van der Waals surface area contributed by atoms with Gasteiger partial charge >= 0.3 is 6.03 Å². The SMILES string of the molecule is CNC(=O)c1ccc(C)c(NC2CCN(C(N)=O)CC2)c1. The Morgan fingerprint density at radius 3 is 2.52 bits per heavy atom. The number of nitrogens with two attached hydrogens (primary N) is 1. The van der Waals surface area contributed by atoms with E-state index in [1.165, 1.54) is 0 Å². The van der Waals surface area contributed by atoms with Gasteiger partial charge in [-0.2, -0.15) is 0 Å². The van der Waals surface area contributed by atoms with Crippen LogP contribution in [0.4, 0.5) is 10.5 Å². The highest BCUT2D eigenvalue weighted by atomic mass is 16.2. The third-order valence-corrected chi connectivity index (χ3v) is 3.89. The normalized spacial score (nSPS) is 15.6. The highest BCUT2D eigenvalue weighted by Crippen LogP contribution is 2.21. The van der Waals surface area contributed by atoms with Crippen molar-refractivity contribution in [3.63, 3.8) is 0 Å². The van der Waals surface area contributed by atoms with Gasteiger partial charge in [0.15, 0.2) is 0 Å². The summed E-state index contributed by atoms with van der Waals surface area (Å²) >= 11 is 0. The molecule has 1 aliphatic rings. The first-order chi connectivity index (χ1) is 10.0. The van der Waals surface area contributed by atoms with Gasteiger partial charge in [-0.15, -0.1) is 0 Å². The van der Waals surface area contributed by atoms with Crippen LogP contribution in [0.5, 0.6) is 0 Å². The van der Waals surface area contributed by atoms with Crippen LogP contribution in [0, 0.1) is 6.92 Å². The number of anilines is 1. The zero-order valence-corrected chi connectivity index (χ0v) is 12.5. The molecule has 1 heterocycles. The molecule has 0 spiro atoms. The predicted octanol–water partition coefficient (Wildman–Crippen LogP) is 1.31. The summed E-state index contributed by atoms with van der Waals surface area (Å²) in [6.45, 7) is 3.34. The van der Waals surface area contributed by atoms with Crippen molar-refractivity contribution >= 4 is 17.6 Å². The van der Waals surface area contributed by atoms with E-state index in [0.717, 1.165) is 24.1 Å². The number of nitrogens with one attached hydrogen (secondary N) is 2. The fraction of sp³-hybridized carbons (Fsp3) is 0.467. The summed E-state index contributed by atoms with van der Waals surface area (Å²) in [5, 5.41) is 6.09. The Morgan fingerprint density at radius 1 is 1.29 bits per heavy atom. The highest BCUT2D eigenvalue weighted by Gasteiger charge is 2.21. The number of hydrogen-bond donors (Lipinski definition) is 3. The average molecular weight is 290 g/mol. The first-order valence-electron chi connectivity index (χ1n) is 7.15. The quantitative estimate of drug-likeness (QED) is 0.784. The van der Waals surface area contributed by atoms with Gasteiger partial charge in [0.1, 0.15) is 0 Å². The fourth-order valence-electron chi connectivity index (χ4n) is 2.53. The largest absolute Gasteiger partial charge is 0.382 e. The summed E-state index contributed by atoms with van der Waals surface area (Å²) in [4.78, 5) is 24.5. The number of primary amides is 1. The molecule has 6 heteroatoms. The molecule has 0 bridgehead atoms. The summed E-state index contributed by atoms with van der Waals surface area (Å²) in [7, 11) is 1.62. The number of benzene rings is 1. The van der Waals surface area contributed by atoms with E-state index in [2.05, 4.69) is 10.6 Å². The standard InChI is InChI=1S/C15H22N4O2/c1-10-3-4-11(14(20)17-2)9-13(10)18-12-5-7-19(8-6-12)15(16)21/h3-4,9,12,18H,5-8H2,1-2H3,(H2,16,21)(H,17,20). The Morgan fingerprint density at radius 2 is 1.95 bits per heavy atom. The van der Waals surface area contributed by atoms with Crippen molar-refractivity contribution in [2.75, 3.05) is 25.5 Å². The summed E-state index contributed by atoms with van der Waals surface area (Å²) in [5.41, 5.74) is 7.98. The van der Waals surface area contributed by atoms with Crippen molar-refractivity contribution in [3.05, 3.63) is 29.3 Å². The van der Waals surface area contributed by atoms with Gasteiger partial charge in [-0.3, -0.25) is 4.79 Å². The first-order valence-corrected chi connectivity index (χ1v) is 7.15. The van der Waals surface area contributed by atoms with Crippen LogP contribution in [0.1, 0.15) is 28.8 Å². The summed E-state index contributed by atoms with van der Waals surface area (Å²) in [6.07, 6.45) is 1.71. The van der Waals surface area contributed by atoms with Crippen LogP contribution >= 0.6 is 0 Å². The molecule has 114 valence electrons. The molecule has 6 nitrogen and oxygen atoms in total. The van der Waals surface area contributed by atoms with Crippen molar-refractivity contribution in [2.45, 2.75) is 25.8 Å². The molecule has 1 aromatic rings. The van der Waals surface area contributed by atoms with Gasteiger partial charge in [-0.25, -0.2) is 4.79 Å². The summed E-state index contributed by atoms with van der Waals surface area (Å²) in [5.74, 6) is -0.0957. The van der Waals surface area contributed by atoms with E-state index in [9.17, 15) is 9.59 Å². The molecule has 3 amide bonds. The second-order valence-corrected chi connectivity index (χ2v) is 5.35. The van der Waals surface area contributed by atoms with Gasteiger partial charge < -0.3 is 21.3 Å². The summed E-state index contributed by atoms with van der Waals surface area (Å²) in [6, 6.07) is 5.56. The molecule has 0 saturated carbocycles. The number of hydrogen-bond acceptors (Lipinski definition) is 3. The number of rotatable bonds is 3. The Balaban J connectivity index is 2.03. The number of amides is 3. The van der Waals surface area contributed by atoms with E-state index in [1.54, 1.807) is 11.9 Å². The molecular weight excluding hydrogens is 268 g/mol. The highest BCUT2D eigenvalue weighted by molar-refractivity contribution is 5.95. The van der Waals surface area contributed by atoms with Gasteiger partial charge in [-0.05, 0) is 37.5 Å². The van der Waals surface area contributed by atoms with Crippen LogP contribution in [0.15, 0.2) is 18.2 Å². The lowest BCUT2D eigenvalue weighted by Crippen LogP contribution is -2.44. The second-order valence-electron chi connectivity index (χ2n) is 5.35. The van der Waals surface area contributed by atoms with Crippen LogP contribution in [0.2, 0.25) is 0 Å². The molecule has 1 aromatic carbocycles. The van der Waals surface area contributed by atoms with Crippen LogP contribution in [0.3, 0.4) is 0 Å². The van der Waals surface area contributed by atoms with Crippen LogP contribution in [-0.2, 0) is 0 Å². The zero-order valence-electron chi connectivity index (χ0n) is 12.5. The monoisotopic (exact) mass is 290 g/mol. The van der Waals surface area contributed by atoms with Crippen molar-refractivity contribution in [2.24, 2.45) is 5.73 Å². The number of carbonyl (C=O) groups excluding carboxylic acids is 2. The molecular formula is C15H22N4O2. The second kappa shape index (κ2) is 6.47. The lowest BCUT2D eigenvalue weighted by molar-refractivity contribution is 0.0963. The smallest absolute Gasteiger partial charge is 0.314 e. The Hall–Kier alpha value is -2.24. The number of nitrogens with zero attached hydrogens (tertiary/aromatic N) is 1. The minimum atomic E-state index is -0.355. The Bertz CT molecular complexity index is 536. The Labute approximate surface area is 124 Å². The average Bonchev–Trinajstić information content (AvgIpc) is 2.49. The number of piperidine rings is 1. The fourth-order valence-corrected chi connectivity index (χ4v) is 2.53. The molecule has 21 heavy (non-hydrogen) atoms. The van der Waals surface area contributed by atoms with Crippen molar-refractivity contribution in [1.82, 2.24) is 10.2 Å². The van der Waals surface area contributed by atoms with E-state index >= 15 is 0 Å². The van der Waals surface area contributed by atoms with Gasteiger partial charge in [0.05, 0.1) is 0 Å². The molecule has 0 radical (unpaired) electrons. The van der Waals surface area contributed by atoms with E-state index in [0.29, 0.717) is 24.7 Å². The number of carbonyl (C=O) groups is 2. The molecule has 1 aliphatic heterocycles. The number of urea groups is 1. The topological polar surface area (TPSA) is 87.5 Å².